The standard InChI is InChI=1S/C12H21N5O2S/c1-8-10(9(2)17(3)15-8)20(18,19)16-12(11(13)14)6-4-5-7-12/h16H,4-7H2,1-3H3,(H3,13,14). The Balaban J connectivity index is 2.43. The van der Waals surface area contributed by atoms with E-state index < -0.39 is 15.6 Å². The summed E-state index contributed by atoms with van der Waals surface area (Å²) in [5, 5.41) is 11.9. The van der Waals surface area contributed by atoms with Crippen LogP contribution < -0.4 is 10.5 Å². The molecule has 0 aliphatic heterocycles. The minimum atomic E-state index is -3.74. The molecule has 7 nitrogen and oxygen atoms in total. The highest BCUT2D eigenvalue weighted by Gasteiger charge is 2.42. The Morgan fingerprint density at radius 1 is 1.40 bits per heavy atom. The third-order valence-corrected chi connectivity index (χ3v) is 5.80. The molecule has 0 saturated heterocycles. The molecule has 1 aliphatic carbocycles. The van der Waals surface area contributed by atoms with Crippen LogP contribution in [-0.4, -0.2) is 29.6 Å². The van der Waals surface area contributed by atoms with Crippen LogP contribution in [-0.2, 0) is 17.1 Å². The number of sulfonamides is 1. The number of hydrogen-bond donors (Lipinski definition) is 3. The minimum Gasteiger partial charge on any atom is -0.386 e. The smallest absolute Gasteiger partial charge is 0.245 e. The second-order valence-corrected chi connectivity index (χ2v) is 7.05. The van der Waals surface area contributed by atoms with Gasteiger partial charge in [-0.15, -0.1) is 0 Å². The molecular formula is C12H21N5O2S. The fourth-order valence-corrected chi connectivity index (χ4v) is 4.74. The van der Waals surface area contributed by atoms with Crippen molar-refractivity contribution in [2.24, 2.45) is 12.8 Å². The summed E-state index contributed by atoms with van der Waals surface area (Å²) in [7, 11) is -2.04. The van der Waals surface area contributed by atoms with Gasteiger partial charge >= 0.3 is 0 Å². The lowest BCUT2D eigenvalue weighted by Gasteiger charge is -2.28. The first-order valence-corrected chi connectivity index (χ1v) is 8.06. The molecule has 1 aromatic heterocycles. The van der Waals surface area contributed by atoms with Gasteiger partial charge in [-0.3, -0.25) is 10.1 Å². The zero-order valence-electron chi connectivity index (χ0n) is 12.0. The highest BCUT2D eigenvalue weighted by molar-refractivity contribution is 7.89. The van der Waals surface area contributed by atoms with E-state index in [2.05, 4.69) is 9.82 Å². The Morgan fingerprint density at radius 2 is 1.95 bits per heavy atom. The van der Waals surface area contributed by atoms with Crippen molar-refractivity contribution in [1.82, 2.24) is 14.5 Å². The fraction of sp³-hybridized carbons (Fsp3) is 0.667. The van der Waals surface area contributed by atoms with Crippen LogP contribution in [0.2, 0.25) is 0 Å². The molecular weight excluding hydrogens is 278 g/mol. The summed E-state index contributed by atoms with van der Waals surface area (Å²) in [6.07, 6.45) is 2.88. The van der Waals surface area contributed by atoms with Crippen molar-refractivity contribution in [3.05, 3.63) is 11.4 Å². The van der Waals surface area contributed by atoms with Gasteiger partial charge in [0.25, 0.3) is 0 Å². The van der Waals surface area contributed by atoms with Crippen LogP contribution in [0.4, 0.5) is 0 Å². The van der Waals surface area contributed by atoms with Gasteiger partial charge in [-0.25, -0.2) is 8.42 Å². The molecule has 0 radical (unpaired) electrons. The zero-order valence-corrected chi connectivity index (χ0v) is 12.8. The van der Waals surface area contributed by atoms with Gasteiger partial charge < -0.3 is 5.73 Å². The van der Waals surface area contributed by atoms with Crippen LogP contribution in [0.3, 0.4) is 0 Å². The SMILES string of the molecule is Cc1nn(C)c(C)c1S(=O)(=O)NC1(C(=N)N)CCCC1. The average molecular weight is 299 g/mol. The molecule has 0 amide bonds. The third-order valence-electron chi connectivity index (χ3n) is 4.01. The normalized spacial score (nSPS) is 18.4. The lowest BCUT2D eigenvalue weighted by molar-refractivity contribution is 0.495. The second-order valence-electron chi connectivity index (χ2n) is 5.43. The van der Waals surface area contributed by atoms with Crippen LogP contribution in [0.1, 0.15) is 37.1 Å². The average Bonchev–Trinajstić information content (AvgIpc) is 2.86. The number of hydrogen-bond acceptors (Lipinski definition) is 4. The van der Waals surface area contributed by atoms with E-state index >= 15 is 0 Å². The first-order chi connectivity index (χ1) is 9.19. The molecule has 1 fully saturated rings. The predicted molar refractivity (Wildman–Crippen MR) is 76.1 cm³/mol. The van der Waals surface area contributed by atoms with Gasteiger partial charge in [0.15, 0.2) is 0 Å². The highest BCUT2D eigenvalue weighted by Crippen LogP contribution is 2.32. The van der Waals surface area contributed by atoms with Gasteiger partial charge in [0.2, 0.25) is 10.0 Å². The van der Waals surface area contributed by atoms with E-state index in [0.29, 0.717) is 24.2 Å². The molecule has 0 atom stereocenters. The molecule has 1 aliphatic rings. The summed E-state index contributed by atoms with van der Waals surface area (Å²) in [5.41, 5.74) is 5.73. The van der Waals surface area contributed by atoms with Crippen molar-refractivity contribution in [2.45, 2.75) is 50.0 Å². The fourth-order valence-electron chi connectivity index (χ4n) is 2.86. The first-order valence-electron chi connectivity index (χ1n) is 6.58. The topological polar surface area (TPSA) is 114 Å². The number of amidine groups is 1. The van der Waals surface area contributed by atoms with E-state index in [0.717, 1.165) is 12.8 Å². The minimum absolute atomic E-state index is 0.113. The molecule has 0 bridgehead atoms. The van der Waals surface area contributed by atoms with Gasteiger partial charge in [0.05, 0.1) is 16.9 Å². The number of aromatic nitrogens is 2. The maximum atomic E-state index is 12.6. The quantitative estimate of drug-likeness (QED) is 0.557. The van der Waals surface area contributed by atoms with Crippen molar-refractivity contribution in [3.8, 4) is 0 Å². The van der Waals surface area contributed by atoms with E-state index in [1.54, 1.807) is 25.6 Å². The Labute approximate surface area is 119 Å². The highest BCUT2D eigenvalue weighted by atomic mass is 32.2. The van der Waals surface area contributed by atoms with Crippen LogP contribution in [0, 0.1) is 19.3 Å². The van der Waals surface area contributed by atoms with Crippen molar-refractivity contribution in [3.63, 3.8) is 0 Å². The molecule has 4 N–H and O–H groups in total. The van der Waals surface area contributed by atoms with E-state index in [9.17, 15) is 8.42 Å². The van der Waals surface area contributed by atoms with E-state index in [-0.39, 0.29) is 10.7 Å². The number of nitrogens with one attached hydrogen (secondary N) is 2. The van der Waals surface area contributed by atoms with Crippen molar-refractivity contribution < 1.29 is 8.42 Å². The van der Waals surface area contributed by atoms with E-state index in [1.165, 1.54) is 0 Å². The number of aryl methyl sites for hydroxylation is 2. The Morgan fingerprint density at radius 3 is 2.35 bits per heavy atom. The van der Waals surface area contributed by atoms with Crippen LogP contribution in [0.25, 0.3) is 0 Å². The predicted octanol–water partition coefficient (Wildman–Crippen LogP) is 0.564. The molecule has 1 heterocycles. The number of rotatable bonds is 4. The Hall–Kier alpha value is -1.41. The van der Waals surface area contributed by atoms with E-state index in [1.807, 2.05) is 0 Å². The van der Waals surface area contributed by atoms with Gasteiger partial charge in [-0.1, -0.05) is 12.8 Å². The maximum Gasteiger partial charge on any atom is 0.245 e. The lowest BCUT2D eigenvalue weighted by atomic mass is 9.98. The summed E-state index contributed by atoms with van der Waals surface area (Å²) in [6, 6.07) is 0. The molecule has 0 unspecified atom stereocenters. The van der Waals surface area contributed by atoms with Gasteiger partial charge in [0.1, 0.15) is 10.7 Å². The van der Waals surface area contributed by atoms with Crippen molar-refractivity contribution in [2.75, 3.05) is 0 Å². The van der Waals surface area contributed by atoms with Crippen molar-refractivity contribution >= 4 is 15.9 Å². The molecule has 20 heavy (non-hydrogen) atoms. The Bertz CT molecular complexity index is 641. The van der Waals surface area contributed by atoms with Gasteiger partial charge in [0, 0.05) is 7.05 Å². The first kappa shape index (κ1) is 15.0. The lowest BCUT2D eigenvalue weighted by Crippen LogP contribution is -2.55. The summed E-state index contributed by atoms with van der Waals surface area (Å²) in [4.78, 5) is 0.188. The summed E-state index contributed by atoms with van der Waals surface area (Å²) >= 11 is 0. The van der Waals surface area contributed by atoms with Crippen molar-refractivity contribution in [1.29, 1.82) is 5.41 Å². The van der Waals surface area contributed by atoms with Gasteiger partial charge in [-0.2, -0.15) is 9.82 Å². The van der Waals surface area contributed by atoms with Crippen LogP contribution in [0.5, 0.6) is 0 Å². The summed E-state index contributed by atoms with van der Waals surface area (Å²) in [6.45, 7) is 3.38. The summed E-state index contributed by atoms with van der Waals surface area (Å²) in [5.74, 6) is -0.113. The monoisotopic (exact) mass is 299 g/mol. The molecule has 1 saturated carbocycles. The molecule has 8 heteroatoms. The third kappa shape index (κ3) is 2.33. The largest absolute Gasteiger partial charge is 0.386 e. The molecule has 0 aromatic carbocycles. The second kappa shape index (κ2) is 4.85. The van der Waals surface area contributed by atoms with Crippen LogP contribution in [0.15, 0.2) is 4.90 Å². The molecule has 0 spiro atoms. The molecule has 112 valence electrons. The molecule has 2 rings (SSSR count). The Kier molecular flexibility index (Phi) is 3.64. The van der Waals surface area contributed by atoms with E-state index in [4.69, 9.17) is 11.1 Å². The maximum absolute atomic E-state index is 12.6. The zero-order chi connectivity index (χ0) is 15.1. The number of nitrogens with two attached hydrogens (primary N) is 1. The summed E-state index contributed by atoms with van der Waals surface area (Å²) < 4.78 is 29.5. The van der Waals surface area contributed by atoms with Crippen LogP contribution >= 0.6 is 0 Å². The molecule has 1 aromatic rings. The number of nitrogens with zero attached hydrogens (tertiary/aromatic N) is 2. The van der Waals surface area contributed by atoms with Gasteiger partial charge in [-0.05, 0) is 26.7 Å².